The number of hydrogen-bond donors (Lipinski definition) is 0. The largest absolute Gasteiger partial charge is 0.458 e. The number of epoxide rings is 1. The van der Waals surface area contributed by atoms with Gasteiger partial charge in [-0.25, -0.2) is 32.8 Å². The minimum Gasteiger partial charge on any atom is -0.458 e. The van der Waals surface area contributed by atoms with Gasteiger partial charge < -0.3 is 75.8 Å². The summed E-state index contributed by atoms with van der Waals surface area (Å²) in [5.74, 6) is -0.584. The monoisotopic (exact) mass is 1610 g/mol. The zero-order chi connectivity index (χ0) is 81.3. The highest BCUT2D eigenvalue weighted by Gasteiger charge is 2.34. The van der Waals surface area contributed by atoms with Crippen LogP contribution in [0, 0.1) is 11.5 Å². The van der Waals surface area contributed by atoms with Crippen LogP contribution in [-0.4, -0.2) is 270 Å². The number of nitrogens with zero attached hydrogens (tertiary/aromatic N) is 21. The zero-order valence-corrected chi connectivity index (χ0v) is 66.4. The fourth-order valence-electron chi connectivity index (χ4n) is 10.3. The third-order valence-corrected chi connectivity index (χ3v) is 20.7. The number of carbonyl (C=O) groups is 7. The van der Waals surface area contributed by atoms with E-state index >= 15 is 0 Å². The molecule has 1 fully saturated rings. The summed E-state index contributed by atoms with van der Waals surface area (Å²) in [6, 6.07) is 0. The summed E-state index contributed by atoms with van der Waals surface area (Å²) in [6.07, 6.45) is 6.23. The average Bonchev–Trinajstić information content (AvgIpc) is 1.56. The Hall–Kier alpha value is -10.3. The first-order chi connectivity index (χ1) is 54.0. The first kappa shape index (κ1) is 88.3. The van der Waals surface area contributed by atoms with Gasteiger partial charge in [-0.1, -0.05) is 76.3 Å². The Morgan fingerprint density at radius 3 is 0.743 bits per heavy atom. The number of rotatable bonds is 52. The van der Waals surface area contributed by atoms with Gasteiger partial charge in [0.1, 0.15) is 103 Å². The van der Waals surface area contributed by atoms with Crippen LogP contribution in [0.4, 0.5) is 0 Å². The number of hydrogen-bond acceptors (Lipinski definition) is 37. The maximum atomic E-state index is 12.2. The van der Waals surface area contributed by atoms with Gasteiger partial charge in [-0.05, 0) is 5.04 Å². The van der Waals surface area contributed by atoms with Crippen molar-refractivity contribution in [3.63, 3.8) is 0 Å². The smallest absolute Gasteiger partial charge is 0.303 e. The normalized spacial score (nSPS) is 14.7. The molecule has 1 aliphatic rings. The molecule has 7 aromatic rings. The number of carbonyl (C=O) groups excluding carboxylic acids is 7. The summed E-state index contributed by atoms with van der Waals surface area (Å²) in [5.41, 5.74) is 6.62. The van der Waals surface area contributed by atoms with E-state index in [-0.39, 0.29) is 156 Å². The molecule has 113 heavy (non-hydrogen) atoms. The molecule has 0 saturated carbocycles. The molecule has 45 heteroatoms. The Kier molecular flexibility index (Phi) is 35.0. The predicted molar refractivity (Wildman–Crippen MR) is 382 cm³/mol. The van der Waals surface area contributed by atoms with Crippen molar-refractivity contribution in [2.75, 3.05) is 66.1 Å². The molecular weight excluding hydrogens is 1510 g/mol. The Morgan fingerprint density at radius 2 is 0.558 bits per heavy atom. The minimum absolute atomic E-state index is 0.0203. The van der Waals surface area contributed by atoms with Gasteiger partial charge >= 0.3 is 41.8 Å². The van der Waals surface area contributed by atoms with Crippen molar-refractivity contribution in [2.45, 2.75) is 228 Å². The first-order valence-electron chi connectivity index (χ1n) is 36.2. The third-order valence-electron chi connectivity index (χ3n) is 16.2. The second-order valence-corrected chi connectivity index (χ2v) is 32.9. The highest BCUT2D eigenvalue weighted by Crippen LogP contribution is 2.35. The van der Waals surface area contributed by atoms with E-state index in [2.05, 4.69) is 118 Å². The van der Waals surface area contributed by atoms with Crippen LogP contribution in [0.15, 0.2) is 43.4 Å². The lowest BCUT2D eigenvalue weighted by molar-refractivity contribution is -0.151. The molecule has 0 radical (unpaired) electrons. The Labute approximate surface area is 650 Å². The number of aromatic nitrogens is 21. The molecule has 0 aromatic carbocycles. The molecule has 0 unspecified atom stereocenters. The first-order valence-corrected chi connectivity index (χ1v) is 39.2. The summed E-state index contributed by atoms with van der Waals surface area (Å²) in [4.78, 5) is 84.5. The molecule has 618 valence electrons. The molecule has 8 atom stereocenters. The summed E-state index contributed by atoms with van der Waals surface area (Å²) in [5, 5.41) is 58.2. The lowest BCUT2D eigenvalue weighted by Crippen LogP contribution is -2.35. The molecule has 1 aliphatic heterocycles. The summed E-state index contributed by atoms with van der Waals surface area (Å²) in [7, 11) is -1.80. The highest BCUT2D eigenvalue weighted by atomic mass is 28.3. The molecule has 7 aromatic heterocycles. The zero-order valence-electron chi connectivity index (χ0n) is 65.4. The van der Waals surface area contributed by atoms with Crippen LogP contribution in [0.25, 0.3) is 0 Å². The number of esters is 7. The minimum atomic E-state index is -1.80. The van der Waals surface area contributed by atoms with Crippen molar-refractivity contribution in [2.24, 2.45) is 0 Å². The molecule has 0 spiro atoms. The Bertz CT molecular complexity index is 4190. The van der Waals surface area contributed by atoms with Crippen LogP contribution in [0.3, 0.4) is 0 Å². The van der Waals surface area contributed by atoms with E-state index in [1.807, 2.05) is 0 Å². The van der Waals surface area contributed by atoms with Gasteiger partial charge in [-0.15, -0.1) is 41.2 Å². The molecule has 0 aliphatic carbocycles. The van der Waals surface area contributed by atoms with Gasteiger partial charge in [0, 0.05) is 48.5 Å². The van der Waals surface area contributed by atoms with Gasteiger partial charge in [0.15, 0.2) is 0 Å². The maximum absolute atomic E-state index is 12.2. The van der Waals surface area contributed by atoms with Gasteiger partial charge in [0.2, 0.25) is 0 Å². The highest BCUT2D eigenvalue weighted by molar-refractivity contribution is 6.87. The van der Waals surface area contributed by atoms with E-state index in [4.69, 9.17) is 75.8 Å². The number of ether oxygens (including phenoxy) is 16. The third kappa shape index (κ3) is 34.3. The van der Waals surface area contributed by atoms with Crippen molar-refractivity contribution in [1.82, 2.24) is 105 Å². The topological polar surface area (TPSA) is 485 Å². The van der Waals surface area contributed by atoms with E-state index in [9.17, 15) is 33.6 Å². The van der Waals surface area contributed by atoms with Crippen LogP contribution >= 0.6 is 0 Å². The van der Waals surface area contributed by atoms with E-state index < -0.39 is 92.6 Å². The SMILES string of the molecule is CC(=O)O[C@@H](COCC#C[Si](C)(C)C(C)(C)C)Cn1cc(COC[C@@H](Cn2cc(COC[C@@H](Cn3cc(COC[C@@H](Cn4cc(COC[C@@H](Cn5cc(COC[C@@H](Cn6cc(COC[C@@H](Cn7cc(COC[C@@H]8CO8)nn7)OC(C)=O)nn6)OC(C)=O)nn5)OC(C)=O)nn4)OC(C)=O)nn3)OC(C)=O)nn2)OC(C)=O)nn1. The molecule has 0 bridgehead atoms. The van der Waals surface area contributed by atoms with Crippen molar-refractivity contribution >= 4 is 49.9 Å². The van der Waals surface area contributed by atoms with Crippen LogP contribution in [0.5, 0.6) is 0 Å². The second-order valence-electron chi connectivity index (χ2n) is 27.9. The molecule has 44 nitrogen and oxygen atoms in total. The molecule has 8 heterocycles. The summed E-state index contributed by atoms with van der Waals surface area (Å²) < 4.78 is 101. The van der Waals surface area contributed by atoms with Crippen molar-refractivity contribution in [3.05, 3.63) is 83.2 Å². The molecule has 8 rings (SSSR count). The lowest BCUT2D eigenvalue weighted by atomic mass is 10.2. The molecule has 0 amide bonds. The van der Waals surface area contributed by atoms with Crippen LogP contribution in [-0.2, 0) is 201 Å². The van der Waals surface area contributed by atoms with Gasteiger partial charge in [-0.3, -0.25) is 33.6 Å². The van der Waals surface area contributed by atoms with Crippen LogP contribution in [0.1, 0.15) is 109 Å². The quantitative estimate of drug-likeness (QED) is 0.0126. The molecular formula is C68H99N21O23Si. The summed E-state index contributed by atoms with van der Waals surface area (Å²) >= 11 is 0. The predicted octanol–water partition coefficient (Wildman–Crippen LogP) is 0.633. The van der Waals surface area contributed by atoms with Gasteiger partial charge in [0.25, 0.3) is 0 Å². The Morgan fingerprint density at radius 1 is 0.363 bits per heavy atom. The van der Waals surface area contributed by atoms with E-state index in [0.717, 1.165) is 0 Å². The second kappa shape index (κ2) is 44.8. The van der Waals surface area contributed by atoms with Crippen LogP contribution < -0.4 is 0 Å². The van der Waals surface area contributed by atoms with Gasteiger partial charge in [-0.2, -0.15) is 0 Å². The fourth-order valence-corrected chi connectivity index (χ4v) is 11.2. The lowest BCUT2D eigenvalue weighted by Gasteiger charge is -2.31. The summed E-state index contributed by atoms with van der Waals surface area (Å²) in [6.45, 7) is 22.1. The van der Waals surface area contributed by atoms with Crippen molar-refractivity contribution < 1.29 is 109 Å². The van der Waals surface area contributed by atoms with Crippen molar-refractivity contribution in [3.8, 4) is 11.5 Å². The van der Waals surface area contributed by atoms with Gasteiger partial charge in [0.05, 0.1) is 195 Å². The molecule has 1 saturated heterocycles. The van der Waals surface area contributed by atoms with E-state index in [0.29, 0.717) is 53.1 Å². The Balaban J connectivity index is 0.711. The maximum Gasteiger partial charge on any atom is 0.303 e. The molecule has 0 N–H and O–H groups in total. The van der Waals surface area contributed by atoms with E-state index in [1.54, 1.807) is 43.4 Å². The average molecular weight is 1610 g/mol. The standard InChI is InChI=1S/C68H99N21O23Si/c1-46(90)106-60(37-97-14-13-15-113(11,12)68(8,9)10)23-83-16-53(69-76-83)30-98-38-61(107-47(2)91)24-84-17-54(70-77-84)31-99-39-62(108-48(3)92)25-85-18-55(71-78-85)32-100-40-63(109-49(4)93)26-86-19-56(72-79-86)33-101-41-64(110-50(5)94)27-87-20-57(73-80-87)34-102-42-65(111-51(6)95)28-88-21-58(74-81-88)35-103-43-66(112-52(7)96)29-89-22-59(75-82-89)36-104-44-67-45-105-67/h16-22,60-67H,14,23-45H2,1-12H3/t60-,61-,62-,63-,64-,65-,66-,67-/m1/s1. The fraction of sp³-hybridized carbons (Fsp3) is 0.662. The van der Waals surface area contributed by atoms with Crippen molar-refractivity contribution in [1.29, 1.82) is 0 Å². The van der Waals surface area contributed by atoms with Crippen LogP contribution in [0.2, 0.25) is 18.1 Å². The van der Waals surface area contributed by atoms with E-state index in [1.165, 1.54) is 81.2 Å².